The molecule has 6 heteroatoms. The van der Waals surface area contributed by atoms with Gasteiger partial charge in [-0.2, -0.15) is 0 Å². The minimum absolute atomic E-state index is 0.0524. The van der Waals surface area contributed by atoms with Gasteiger partial charge in [-0.3, -0.25) is 4.72 Å². The summed E-state index contributed by atoms with van der Waals surface area (Å²) in [5.74, 6) is -0.472. The molecule has 0 saturated carbocycles. The first-order valence-corrected chi connectivity index (χ1v) is 7.82. The molecule has 0 fully saturated rings. The van der Waals surface area contributed by atoms with Gasteiger partial charge in [0.25, 0.3) is 10.0 Å². The second kappa shape index (κ2) is 5.83. The standard InChI is InChI=1S/C15H16FNO3S/c1-10-7-13(16)8-11(2)15(10)21(19,20)17-14-6-4-3-5-12(14)9-18/h3-8,17-18H,9H2,1-2H3. The van der Waals surface area contributed by atoms with Crippen LogP contribution in [0.2, 0.25) is 0 Å². The Morgan fingerprint density at radius 3 is 2.29 bits per heavy atom. The summed E-state index contributed by atoms with van der Waals surface area (Å²) in [7, 11) is -3.85. The minimum atomic E-state index is -3.85. The highest BCUT2D eigenvalue weighted by Gasteiger charge is 2.21. The molecule has 0 atom stereocenters. The van der Waals surface area contributed by atoms with Crippen LogP contribution in [-0.2, 0) is 16.6 Å². The van der Waals surface area contributed by atoms with Crippen LogP contribution < -0.4 is 4.72 Å². The molecule has 0 unspecified atom stereocenters. The number of para-hydroxylation sites is 1. The fourth-order valence-corrected chi connectivity index (χ4v) is 3.83. The first-order chi connectivity index (χ1) is 9.85. The number of rotatable bonds is 4. The van der Waals surface area contributed by atoms with E-state index in [0.29, 0.717) is 22.4 Å². The molecule has 0 heterocycles. The second-order valence-corrected chi connectivity index (χ2v) is 6.41. The van der Waals surface area contributed by atoms with Gasteiger partial charge in [0.15, 0.2) is 0 Å². The molecule has 0 aliphatic rings. The SMILES string of the molecule is Cc1cc(F)cc(C)c1S(=O)(=O)Nc1ccccc1CO. The van der Waals surface area contributed by atoms with Gasteiger partial charge in [-0.25, -0.2) is 12.8 Å². The van der Waals surface area contributed by atoms with Crippen LogP contribution in [-0.4, -0.2) is 13.5 Å². The molecule has 21 heavy (non-hydrogen) atoms. The molecule has 2 aromatic carbocycles. The molecule has 0 saturated heterocycles. The highest BCUT2D eigenvalue weighted by atomic mass is 32.2. The first-order valence-electron chi connectivity index (χ1n) is 6.33. The zero-order valence-corrected chi connectivity index (χ0v) is 12.5. The maximum absolute atomic E-state index is 13.3. The molecule has 112 valence electrons. The van der Waals surface area contributed by atoms with Crippen molar-refractivity contribution in [3.63, 3.8) is 0 Å². The molecule has 4 nitrogen and oxygen atoms in total. The molecule has 2 N–H and O–H groups in total. The number of anilines is 1. The van der Waals surface area contributed by atoms with E-state index >= 15 is 0 Å². The molecule has 2 aromatic rings. The van der Waals surface area contributed by atoms with Gasteiger partial charge in [0.1, 0.15) is 5.82 Å². The average Bonchev–Trinajstić information content (AvgIpc) is 2.37. The highest BCUT2D eigenvalue weighted by molar-refractivity contribution is 7.92. The third kappa shape index (κ3) is 3.22. The predicted octanol–water partition coefficient (Wildman–Crippen LogP) is 2.74. The van der Waals surface area contributed by atoms with Crippen molar-refractivity contribution < 1.29 is 17.9 Å². The van der Waals surface area contributed by atoms with Crippen molar-refractivity contribution in [2.75, 3.05) is 4.72 Å². The van der Waals surface area contributed by atoms with Gasteiger partial charge in [-0.1, -0.05) is 18.2 Å². The van der Waals surface area contributed by atoms with Crippen LogP contribution >= 0.6 is 0 Å². The van der Waals surface area contributed by atoms with Crippen LogP contribution in [0.15, 0.2) is 41.3 Å². The third-order valence-electron chi connectivity index (χ3n) is 3.13. The van der Waals surface area contributed by atoms with E-state index in [1.165, 1.54) is 12.1 Å². The van der Waals surface area contributed by atoms with Crippen LogP contribution in [0.4, 0.5) is 10.1 Å². The Labute approximate surface area is 123 Å². The Balaban J connectivity index is 2.49. The van der Waals surface area contributed by atoms with Crippen molar-refractivity contribution in [2.45, 2.75) is 25.3 Å². The maximum Gasteiger partial charge on any atom is 0.262 e. The van der Waals surface area contributed by atoms with Gasteiger partial charge in [-0.05, 0) is 43.2 Å². The lowest BCUT2D eigenvalue weighted by Crippen LogP contribution is -2.17. The predicted molar refractivity (Wildman–Crippen MR) is 79.0 cm³/mol. The molecule has 0 radical (unpaired) electrons. The Morgan fingerprint density at radius 2 is 1.71 bits per heavy atom. The summed E-state index contributed by atoms with van der Waals surface area (Å²) < 4.78 is 40.8. The number of hydrogen-bond donors (Lipinski definition) is 2. The van der Waals surface area contributed by atoms with Gasteiger partial charge in [0.05, 0.1) is 17.2 Å². The minimum Gasteiger partial charge on any atom is -0.392 e. The number of aryl methyl sites for hydroxylation is 2. The van der Waals surface area contributed by atoms with Crippen molar-refractivity contribution in [3.05, 3.63) is 58.9 Å². The summed E-state index contributed by atoms with van der Waals surface area (Å²) in [6.45, 7) is 2.81. The molecular formula is C15H16FNO3S. The Bertz CT molecular complexity index is 749. The lowest BCUT2D eigenvalue weighted by Gasteiger charge is -2.15. The summed E-state index contributed by atoms with van der Waals surface area (Å²) in [5.41, 5.74) is 1.45. The molecule has 0 bridgehead atoms. The molecule has 0 aromatic heterocycles. The lowest BCUT2D eigenvalue weighted by molar-refractivity contribution is 0.282. The average molecular weight is 309 g/mol. The van der Waals surface area contributed by atoms with E-state index in [1.54, 1.807) is 38.1 Å². The Kier molecular flexibility index (Phi) is 4.29. The third-order valence-corrected chi connectivity index (χ3v) is 4.80. The van der Waals surface area contributed by atoms with E-state index in [1.807, 2.05) is 0 Å². The normalized spacial score (nSPS) is 11.4. The Morgan fingerprint density at radius 1 is 1.14 bits per heavy atom. The van der Waals surface area contributed by atoms with Crippen LogP contribution in [0.1, 0.15) is 16.7 Å². The molecule has 0 aliphatic heterocycles. The van der Waals surface area contributed by atoms with Crippen molar-refractivity contribution >= 4 is 15.7 Å². The summed E-state index contributed by atoms with van der Waals surface area (Å²) in [5, 5.41) is 9.25. The molecule has 2 rings (SSSR count). The number of sulfonamides is 1. The van der Waals surface area contributed by atoms with E-state index in [-0.39, 0.29) is 11.5 Å². The number of aliphatic hydroxyl groups is 1. The van der Waals surface area contributed by atoms with Gasteiger partial charge in [0, 0.05) is 5.56 Å². The van der Waals surface area contributed by atoms with Crippen LogP contribution in [0.25, 0.3) is 0 Å². The van der Waals surface area contributed by atoms with Crippen LogP contribution in [0.3, 0.4) is 0 Å². The van der Waals surface area contributed by atoms with E-state index in [2.05, 4.69) is 4.72 Å². The zero-order valence-electron chi connectivity index (χ0n) is 11.7. The number of benzene rings is 2. The topological polar surface area (TPSA) is 66.4 Å². The highest BCUT2D eigenvalue weighted by Crippen LogP contribution is 2.25. The number of nitrogens with one attached hydrogen (secondary N) is 1. The summed E-state index contributed by atoms with van der Waals surface area (Å²) in [4.78, 5) is 0.0524. The van der Waals surface area contributed by atoms with Crippen molar-refractivity contribution in [1.29, 1.82) is 0 Å². The summed E-state index contributed by atoms with van der Waals surface area (Å²) in [6, 6.07) is 8.93. The van der Waals surface area contributed by atoms with Gasteiger partial charge < -0.3 is 5.11 Å². The monoisotopic (exact) mass is 309 g/mol. The van der Waals surface area contributed by atoms with Gasteiger partial charge >= 0.3 is 0 Å². The quantitative estimate of drug-likeness (QED) is 0.912. The fourth-order valence-electron chi connectivity index (χ4n) is 2.27. The van der Waals surface area contributed by atoms with E-state index in [0.717, 1.165) is 0 Å². The van der Waals surface area contributed by atoms with Crippen molar-refractivity contribution in [3.8, 4) is 0 Å². The van der Waals surface area contributed by atoms with Gasteiger partial charge in [-0.15, -0.1) is 0 Å². The maximum atomic E-state index is 13.3. The van der Waals surface area contributed by atoms with Crippen LogP contribution in [0, 0.1) is 19.7 Å². The molecule has 0 spiro atoms. The second-order valence-electron chi connectivity index (χ2n) is 4.79. The summed E-state index contributed by atoms with van der Waals surface area (Å²) >= 11 is 0. The lowest BCUT2D eigenvalue weighted by atomic mass is 10.1. The van der Waals surface area contributed by atoms with E-state index in [9.17, 15) is 17.9 Å². The largest absolute Gasteiger partial charge is 0.392 e. The van der Waals surface area contributed by atoms with Gasteiger partial charge in [0.2, 0.25) is 0 Å². The number of halogens is 1. The van der Waals surface area contributed by atoms with Crippen LogP contribution in [0.5, 0.6) is 0 Å². The molecular weight excluding hydrogens is 293 g/mol. The Hall–Kier alpha value is -1.92. The number of hydrogen-bond acceptors (Lipinski definition) is 3. The summed E-state index contributed by atoms with van der Waals surface area (Å²) in [6.07, 6.45) is 0. The van der Waals surface area contributed by atoms with E-state index < -0.39 is 15.8 Å². The first kappa shape index (κ1) is 15.5. The van der Waals surface area contributed by atoms with Crippen molar-refractivity contribution in [2.24, 2.45) is 0 Å². The number of aliphatic hydroxyl groups excluding tert-OH is 1. The smallest absolute Gasteiger partial charge is 0.262 e. The zero-order chi connectivity index (χ0) is 15.6. The fraction of sp³-hybridized carbons (Fsp3) is 0.200. The van der Waals surface area contributed by atoms with Crippen molar-refractivity contribution in [1.82, 2.24) is 0 Å². The molecule has 0 amide bonds. The molecule has 0 aliphatic carbocycles. The van der Waals surface area contributed by atoms with E-state index in [4.69, 9.17) is 0 Å².